The summed E-state index contributed by atoms with van der Waals surface area (Å²) < 4.78 is 0. The lowest BCUT2D eigenvalue weighted by Crippen LogP contribution is -2.54. The molecule has 0 saturated heterocycles. The molecule has 7 nitrogen and oxygen atoms in total. The molecule has 1 unspecified atom stereocenters. The van der Waals surface area contributed by atoms with Gasteiger partial charge in [0.2, 0.25) is 0 Å². The molecule has 0 aromatic carbocycles. The van der Waals surface area contributed by atoms with Crippen molar-refractivity contribution < 1.29 is 24.6 Å². The van der Waals surface area contributed by atoms with Gasteiger partial charge in [-0.1, -0.05) is 0 Å². The standard InChI is InChI=1S/C11H18N2O5/c1-11(2,6-3-4-6)13-10(18)12-7(9(16)17)5-8(14)15/h6-7H,3-5H2,1-2H3,(H,14,15)(H,16,17)(H2,12,13,18). The maximum atomic E-state index is 11.6. The zero-order chi connectivity index (χ0) is 13.9. The summed E-state index contributed by atoms with van der Waals surface area (Å²) in [6.07, 6.45) is 1.42. The van der Waals surface area contributed by atoms with Crippen LogP contribution in [0.4, 0.5) is 4.79 Å². The highest BCUT2D eigenvalue weighted by atomic mass is 16.4. The van der Waals surface area contributed by atoms with Gasteiger partial charge in [0.05, 0.1) is 6.42 Å². The SMILES string of the molecule is CC(C)(NC(=O)NC(CC(=O)O)C(=O)O)C1CC1. The Labute approximate surface area is 105 Å². The van der Waals surface area contributed by atoms with Gasteiger partial charge in [0, 0.05) is 5.54 Å². The highest BCUT2D eigenvalue weighted by Crippen LogP contribution is 2.39. The highest BCUT2D eigenvalue weighted by molar-refractivity contribution is 5.86. The molecule has 0 aromatic rings. The number of carboxylic acid groups (broad SMARTS) is 2. The van der Waals surface area contributed by atoms with Crippen LogP contribution >= 0.6 is 0 Å². The largest absolute Gasteiger partial charge is 0.481 e. The molecule has 1 saturated carbocycles. The number of urea groups is 1. The summed E-state index contributed by atoms with van der Waals surface area (Å²) >= 11 is 0. The molecule has 2 amide bonds. The Kier molecular flexibility index (Phi) is 4.15. The van der Waals surface area contributed by atoms with Gasteiger partial charge in [-0.25, -0.2) is 9.59 Å². The van der Waals surface area contributed by atoms with Crippen LogP contribution in [0.2, 0.25) is 0 Å². The summed E-state index contributed by atoms with van der Waals surface area (Å²) in [5, 5.41) is 22.2. The quantitative estimate of drug-likeness (QED) is 0.550. The van der Waals surface area contributed by atoms with Crippen LogP contribution in [0.25, 0.3) is 0 Å². The van der Waals surface area contributed by atoms with E-state index in [1.165, 1.54) is 0 Å². The first-order chi connectivity index (χ1) is 8.22. The van der Waals surface area contributed by atoms with E-state index in [0.717, 1.165) is 12.8 Å². The Hall–Kier alpha value is -1.79. The van der Waals surface area contributed by atoms with Crippen molar-refractivity contribution in [3.8, 4) is 0 Å². The van der Waals surface area contributed by atoms with Gasteiger partial charge in [0.15, 0.2) is 0 Å². The number of carbonyl (C=O) groups excluding carboxylic acids is 1. The van der Waals surface area contributed by atoms with Gasteiger partial charge in [-0.2, -0.15) is 0 Å². The lowest BCUT2D eigenvalue weighted by molar-refractivity contribution is -0.145. The molecule has 0 aliphatic heterocycles. The third kappa shape index (κ3) is 4.23. The Bertz CT molecular complexity index is 362. The van der Waals surface area contributed by atoms with Crippen molar-refractivity contribution in [1.82, 2.24) is 10.6 Å². The van der Waals surface area contributed by atoms with Crippen molar-refractivity contribution >= 4 is 18.0 Å². The molecule has 1 aliphatic rings. The minimum Gasteiger partial charge on any atom is -0.481 e. The van der Waals surface area contributed by atoms with E-state index in [-0.39, 0.29) is 0 Å². The maximum absolute atomic E-state index is 11.6. The fourth-order valence-electron chi connectivity index (χ4n) is 1.77. The van der Waals surface area contributed by atoms with Crippen molar-refractivity contribution in [3.05, 3.63) is 0 Å². The van der Waals surface area contributed by atoms with Crippen molar-refractivity contribution in [2.45, 2.75) is 44.7 Å². The third-order valence-electron chi connectivity index (χ3n) is 3.02. The zero-order valence-corrected chi connectivity index (χ0v) is 10.4. The molecule has 1 fully saturated rings. The topological polar surface area (TPSA) is 116 Å². The zero-order valence-electron chi connectivity index (χ0n) is 10.4. The second kappa shape index (κ2) is 5.24. The first-order valence-electron chi connectivity index (χ1n) is 5.75. The van der Waals surface area contributed by atoms with E-state index in [1.54, 1.807) is 0 Å². The molecule has 4 N–H and O–H groups in total. The van der Waals surface area contributed by atoms with E-state index in [4.69, 9.17) is 10.2 Å². The molecule has 0 radical (unpaired) electrons. The summed E-state index contributed by atoms with van der Waals surface area (Å²) in [4.78, 5) is 32.8. The molecule has 0 aromatic heterocycles. The summed E-state index contributed by atoms with van der Waals surface area (Å²) in [6, 6.07) is -2.07. The Balaban J connectivity index is 2.50. The van der Waals surface area contributed by atoms with Gasteiger partial charge in [-0.15, -0.1) is 0 Å². The van der Waals surface area contributed by atoms with Crippen LogP contribution in [-0.2, 0) is 9.59 Å². The van der Waals surface area contributed by atoms with Crippen LogP contribution in [0, 0.1) is 5.92 Å². The molecule has 7 heteroatoms. The monoisotopic (exact) mass is 258 g/mol. The van der Waals surface area contributed by atoms with Crippen LogP contribution in [-0.4, -0.2) is 39.8 Å². The predicted molar refractivity (Wildman–Crippen MR) is 62.1 cm³/mol. The molecule has 1 rings (SSSR count). The molecule has 18 heavy (non-hydrogen) atoms. The molecular weight excluding hydrogens is 240 g/mol. The van der Waals surface area contributed by atoms with E-state index in [1.807, 2.05) is 13.8 Å². The minimum atomic E-state index is -1.42. The van der Waals surface area contributed by atoms with Gasteiger partial charge in [0.1, 0.15) is 6.04 Å². The Morgan fingerprint density at radius 2 is 1.83 bits per heavy atom. The first kappa shape index (κ1) is 14.3. The highest BCUT2D eigenvalue weighted by Gasteiger charge is 2.39. The predicted octanol–water partition coefficient (Wildman–Crippen LogP) is 0.402. The van der Waals surface area contributed by atoms with Gasteiger partial charge in [-0.05, 0) is 32.6 Å². The average molecular weight is 258 g/mol. The normalized spacial score (nSPS) is 16.8. The molecule has 1 atom stereocenters. The van der Waals surface area contributed by atoms with Gasteiger partial charge in [-0.3, -0.25) is 4.79 Å². The van der Waals surface area contributed by atoms with E-state index in [9.17, 15) is 14.4 Å². The Morgan fingerprint density at radius 1 is 1.28 bits per heavy atom. The second-order valence-electron chi connectivity index (χ2n) is 5.08. The van der Waals surface area contributed by atoms with Crippen molar-refractivity contribution in [1.29, 1.82) is 0 Å². The number of carboxylic acids is 2. The number of hydrogen-bond acceptors (Lipinski definition) is 3. The fourth-order valence-corrected chi connectivity index (χ4v) is 1.77. The lowest BCUT2D eigenvalue weighted by Gasteiger charge is -2.27. The van der Waals surface area contributed by atoms with Crippen molar-refractivity contribution in [3.63, 3.8) is 0 Å². The number of rotatable bonds is 6. The number of carbonyl (C=O) groups is 3. The van der Waals surface area contributed by atoms with Crippen LogP contribution in [0.15, 0.2) is 0 Å². The molecule has 0 spiro atoms. The van der Waals surface area contributed by atoms with E-state index in [0.29, 0.717) is 5.92 Å². The maximum Gasteiger partial charge on any atom is 0.326 e. The van der Waals surface area contributed by atoms with Gasteiger partial charge < -0.3 is 20.8 Å². The minimum absolute atomic E-state index is 0.394. The number of hydrogen-bond donors (Lipinski definition) is 4. The average Bonchev–Trinajstić information content (AvgIpc) is 2.97. The molecule has 0 heterocycles. The van der Waals surface area contributed by atoms with Crippen LogP contribution in [0.1, 0.15) is 33.1 Å². The third-order valence-corrected chi connectivity index (χ3v) is 3.02. The molecule has 1 aliphatic carbocycles. The first-order valence-corrected chi connectivity index (χ1v) is 5.75. The summed E-state index contributed by atoms with van der Waals surface area (Å²) in [6.45, 7) is 3.72. The number of aliphatic carboxylic acids is 2. The van der Waals surface area contributed by atoms with Gasteiger partial charge >= 0.3 is 18.0 Å². The molecule has 102 valence electrons. The lowest BCUT2D eigenvalue weighted by atomic mass is 9.99. The fraction of sp³-hybridized carbons (Fsp3) is 0.727. The van der Waals surface area contributed by atoms with E-state index < -0.39 is 36.0 Å². The van der Waals surface area contributed by atoms with Crippen LogP contribution < -0.4 is 10.6 Å². The van der Waals surface area contributed by atoms with E-state index >= 15 is 0 Å². The Morgan fingerprint density at radius 3 is 2.22 bits per heavy atom. The number of nitrogens with one attached hydrogen (secondary N) is 2. The van der Waals surface area contributed by atoms with E-state index in [2.05, 4.69) is 10.6 Å². The molecular formula is C11H18N2O5. The van der Waals surface area contributed by atoms with Crippen molar-refractivity contribution in [2.24, 2.45) is 5.92 Å². The summed E-state index contributed by atoms with van der Waals surface area (Å²) in [5.74, 6) is -2.24. The smallest absolute Gasteiger partial charge is 0.326 e. The number of amides is 2. The summed E-state index contributed by atoms with van der Waals surface area (Å²) in [7, 11) is 0. The van der Waals surface area contributed by atoms with Gasteiger partial charge in [0.25, 0.3) is 0 Å². The second-order valence-corrected chi connectivity index (χ2v) is 5.08. The molecule has 0 bridgehead atoms. The van der Waals surface area contributed by atoms with Crippen LogP contribution in [0.3, 0.4) is 0 Å². The summed E-state index contributed by atoms with van der Waals surface area (Å²) in [5.41, 5.74) is -0.406. The van der Waals surface area contributed by atoms with Crippen LogP contribution in [0.5, 0.6) is 0 Å². The van der Waals surface area contributed by atoms with Crippen molar-refractivity contribution in [2.75, 3.05) is 0 Å².